The normalized spacial score (nSPS) is 25.7. The molecule has 1 aromatic heterocycles. The minimum Gasteiger partial charge on any atom is -0.292 e. The first-order valence-corrected chi connectivity index (χ1v) is 9.93. The second-order valence-corrected chi connectivity index (χ2v) is 8.43. The highest BCUT2D eigenvalue weighted by Gasteiger charge is 2.42. The lowest BCUT2D eigenvalue weighted by atomic mass is 9.77. The standard InChI is InChI=1S/C20H26FNS/c21-14-16-7-6-12-22(15-16)20(10-4-1-5-11-20)19-13-17-8-2-3-9-18(17)23-19/h2-3,8-9,13,16H,1,4-7,10-12,14-15H2. The van der Waals surface area contributed by atoms with Crippen LogP contribution in [0.4, 0.5) is 4.39 Å². The van der Waals surface area contributed by atoms with Crippen LogP contribution in [0.2, 0.25) is 0 Å². The number of rotatable bonds is 3. The highest BCUT2D eigenvalue weighted by atomic mass is 32.1. The Morgan fingerprint density at radius 1 is 1.13 bits per heavy atom. The molecule has 1 saturated heterocycles. The van der Waals surface area contributed by atoms with E-state index in [-0.39, 0.29) is 18.1 Å². The van der Waals surface area contributed by atoms with Gasteiger partial charge in [0.2, 0.25) is 0 Å². The molecule has 0 amide bonds. The van der Waals surface area contributed by atoms with Crippen LogP contribution in [0.5, 0.6) is 0 Å². The molecule has 1 nitrogen and oxygen atoms in total. The summed E-state index contributed by atoms with van der Waals surface area (Å²) in [6.45, 7) is 1.94. The Bertz CT molecular complexity index is 625. The zero-order chi connectivity index (χ0) is 15.7. The summed E-state index contributed by atoms with van der Waals surface area (Å²) in [6.07, 6.45) is 8.69. The van der Waals surface area contributed by atoms with Crippen LogP contribution in [0.1, 0.15) is 49.8 Å². The highest BCUT2D eigenvalue weighted by molar-refractivity contribution is 7.19. The van der Waals surface area contributed by atoms with Gasteiger partial charge in [0, 0.05) is 22.0 Å². The van der Waals surface area contributed by atoms with Crippen molar-refractivity contribution in [3.05, 3.63) is 35.2 Å². The first kappa shape index (κ1) is 15.6. The Hall–Kier alpha value is -0.930. The smallest absolute Gasteiger partial charge is 0.0934 e. The van der Waals surface area contributed by atoms with E-state index in [1.54, 1.807) is 0 Å². The summed E-state index contributed by atoms with van der Waals surface area (Å²) in [5.74, 6) is 0.247. The fourth-order valence-corrected chi connectivity index (χ4v) is 5.98. The van der Waals surface area contributed by atoms with Crippen molar-refractivity contribution < 1.29 is 4.39 Å². The quantitative estimate of drug-likeness (QED) is 0.693. The zero-order valence-electron chi connectivity index (χ0n) is 13.8. The van der Waals surface area contributed by atoms with Crippen molar-refractivity contribution >= 4 is 21.4 Å². The number of alkyl halides is 1. The van der Waals surface area contributed by atoms with E-state index in [1.807, 2.05) is 11.3 Å². The van der Waals surface area contributed by atoms with Crippen molar-refractivity contribution in [2.75, 3.05) is 19.8 Å². The lowest BCUT2D eigenvalue weighted by Crippen LogP contribution is -2.51. The molecule has 1 aromatic carbocycles. The van der Waals surface area contributed by atoms with Gasteiger partial charge in [-0.2, -0.15) is 0 Å². The summed E-state index contributed by atoms with van der Waals surface area (Å²) in [5, 5.41) is 1.37. The molecule has 0 N–H and O–H groups in total. The summed E-state index contributed by atoms with van der Waals surface area (Å²) in [4.78, 5) is 4.18. The largest absolute Gasteiger partial charge is 0.292 e. The minimum absolute atomic E-state index is 0.154. The van der Waals surface area contributed by atoms with Crippen LogP contribution in [0, 0.1) is 5.92 Å². The molecule has 2 aliphatic rings. The molecule has 0 bridgehead atoms. The second kappa shape index (κ2) is 6.52. The van der Waals surface area contributed by atoms with Gasteiger partial charge in [-0.25, -0.2) is 0 Å². The fourth-order valence-electron chi connectivity index (χ4n) is 4.65. The van der Waals surface area contributed by atoms with Crippen LogP contribution >= 0.6 is 11.3 Å². The van der Waals surface area contributed by atoms with E-state index in [4.69, 9.17) is 0 Å². The Balaban J connectivity index is 1.73. The number of thiophene rings is 1. The van der Waals surface area contributed by atoms with Crippen LogP contribution in [0.25, 0.3) is 10.1 Å². The van der Waals surface area contributed by atoms with E-state index in [0.29, 0.717) is 0 Å². The first-order chi connectivity index (χ1) is 11.3. The van der Waals surface area contributed by atoms with Crippen molar-refractivity contribution in [3.8, 4) is 0 Å². The van der Waals surface area contributed by atoms with Gasteiger partial charge in [0.15, 0.2) is 0 Å². The lowest BCUT2D eigenvalue weighted by Gasteiger charge is -2.49. The van der Waals surface area contributed by atoms with Gasteiger partial charge in [0.05, 0.1) is 12.2 Å². The maximum Gasteiger partial charge on any atom is 0.0934 e. The topological polar surface area (TPSA) is 3.24 Å². The Labute approximate surface area is 142 Å². The van der Waals surface area contributed by atoms with Crippen LogP contribution < -0.4 is 0 Å². The number of benzene rings is 1. The zero-order valence-corrected chi connectivity index (χ0v) is 14.6. The maximum atomic E-state index is 13.3. The number of hydrogen-bond acceptors (Lipinski definition) is 2. The second-order valence-electron chi connectivity index (χ2n) is 7.35. The van der Waals surface area contributed by atoms with Crippen molar-refractivity contribution in [2.45, 2.75) is 50.5 Å². The number of likely N-dealkylation sites (tertiary alicyclic amines) is 1. The molecule has 2 aromatic rings. The van der Waals surface area contributed by atoms with Gasteiger partial charge in [-0.15, -0.1) is 11.3 Å². The lowest BCUT2D eigenvalue weighted by molar-refractivity contribution is 0.00893. The van der Waals surface area contributed by atoms with Crippen LogP contribution in [-0.4, -0.2) is 24.7 Å². The van der Waals surface area contributed by atoms with Crippen LogP contribution in [-0.2, 0) is 5.54 Å². The number of nitrogens with zero attached hydrogens (tertiary/aromatic N) is 1. The number of fused-ring (bicyclic) bond motifs is 1. The van der Waals surface area contributed by atoms with Gasteiger partial charge in [-0.05, 0) is 49.7 Å². The minimum atomic E-state index is -0.154. The molecule has 1 aliphatic heterocycles. The van der Waals surface area contributed by atoms with Gasteiger partial charge < -0.3 is 0 Å². The van der Waals surface area contributed by atoms with Gasteiger partial charge in [0.25, 0.3) is 0 Å². The van der Waals surface area contributed by atoms with Crippen LogP contribution in [0.15, 0.2) is 30.3 Å². The van der Waals surface area contributed by atoms with E-state index in [1.165, 1.54) is 47.1 Å². The van der Waals surface area contributed by atoms with Crippen molar-refractivity contribution in [3.63, 3.8) is 0 Å². The first-order valence-electron chi connectivity index (χ1n) is 9.12. The molecule has 1 atom stereocenters. The van der Waals surface area contributed by atoms with Gasteiger partial charge in [0.1, 0.15) is 0 Å². The number of piperidine rings is 1. The monoisotopic (exact) mass is 331 g/mol. The van der Waals surface area contributed by atoms with Gasteiger partial charge in [-0.1, -0.05) is 37.5 Å². The average Bonchev–Trinajstić information content (AvgIpc) is 3.07. The predicted molar refractivity (Wildman–Crippen MR) is 96.9 cm³/mol. The van der Waals surface area contributed by atoms with Gasteiger partial charge in [-0.3, -0.25) is 9.29 Å². The van der Waals surface area contributed by atoms with Gasteiger partial charge >= 0.3 is 0 Å². The molecular formula is C20H26FNS. The predicted octanol–water partition coefficient (Wildman–Crippen LogP) is 5.74. The molecule has 3 heteroatoms. The van der Waals surface area contributed by atoms with E-state index >= 15 is 0 Å². The Morgan fingerprint density at radius 2 is 1.96 bits per heavy atom. The Kier molecular flexibility index (Phi) is 4.42. The fraction of sp³-hybridized carbons (Fsp3) is 0.600. The molecule has 2 fully saturated rings. The molecular weight excluding hydrogens is 305 g/mol. The molecule has 124 valence electrons. The van der Waals surface area contributed by atoms with E-state index < -0.39 is 0 Å². The molecule has 1 unspecified atom stereocenters. The van der Waals surface area contributed by atoms with Crippen molar-refractivity contribution in [1.82, 2.24) is 4.90 Å². The third kappa shape index (κ3) is 2.83. The van der Waals surface area contributed by atoms with E-state index in [2.05, 4.69) is 35.2 Å². The van der Waals surface area contributed by atoms with E-state index in [9.17, 15) is 4.39 Å². The summed E-state index contributed by atoms with van der Waals surface area (Å²) in [7, 11) is 0. The third-order valence-electron chi connectivity index (χ3n) is 5.91. The third-order valence-corrected chi connectivity index (χ3v) is 7.22. The molecule has 0 radical (unpaired) electrons. The highest BCUT2D eigenvalue weighted by Crippen LogP contribution is 2.47. The van der Waals surface area contributed by atoms with Crippen LogP contribution in [0.3, 0.4) is 0 Å². The average molecular weight is 332 g/mol. The Morgan fingerprint density at radius 3 is 2.74 bits per heavy atom. The molecule has 4 rings (SSSR count). The SMILES string of the molecule is FCC1CCCN(C2(c3cc4ccccc4s3)CCCCC2)C1. The number of hydrogen-bond donors (Lipinski definition) is 0. The van der Waals surface area contributed by atoms with E-state index in [0.717, 1.165) is 25.9 Å². The van der Waals surface area contributed by atoms with Crippen molar-refractivity contribution in [2.24, 2.45) is 5.92 Å². The summed E-state index contributed by atoms with van der Waals surface area (Å²) in [5.41, 5.74) is 0.176. The maximum absolute atomic E-state index is 13.3. The summed E-state index contributed by atoms with van der Waals surface area (Å²) in [6, 6.07) is 11.2. The molecule has 2 heterocycles. The number of halogens is 1. The summed E-state index contributed by atoms with van der Waals surface area (Å²) >= 11 is 1.97. The van der Waals surface area contributed by atoms with Crippen molar-refractivity contribution in [1.29, 1.82) is 0 Å². The summed E-state index contributed by atoms with van der Waals surface area (Å²) < 4.78 is 14.7. The molecule has 1 saturated carbocycles. The molecule has 0 spiro atoms. The molecule has 23 heavy (non-hydrogen) atoms. The molecule has 1 aliphatic carbocycles.